The first-order valence-electron chi connectivity index (χ1n) is 5.50. The zero-order chi connectivity index (χ0) is 12.5. The van der Waals surface area contributed by atoms with Gasteiger partial charge in [-0.15, -0.1) is 23.1 Å². The number of rotatable bonds is 2. The number of thioether (sulfide) groups is 1. The van der Waals surface area contributed by atoms with Crippen LogP contribution in [0.15, 0.2) is 29.2 Å². The topological polar surface area (TPSA) is 68.0 Å². The highest BCUT2D eigenvalue weighted by atomic mass is 32.2. The van der Waals surface area contributed by atoms with Gasteiger partial charge in [-0.3, -0.25) is 4.79 Å². The first kappa shape index (κ1) is 11.7. The lowest BCUT2D eigenvalue weighted by molar-refractivity contribution is -0.114. The van der Waals surface area contributed by atoms with Crippen molar-refractivity contribution < 1.29 is 4.79 Å². The lowest BCUT2D eigenvalue weighted by Crippen LogP contribution is -2.21. The van der Waals surface area contributed by atoms with Crippen molar-refractivity contribution in [2.24, 2.45) is 5.73 Å². The average molecular weight is 277 g/mol. The van der Waals surface area contributed by atoms with Gasteiger partial charge in [0, 0.05) is 21.1 Å². The number of nitrogens with zero attached hydrogens (tertiary/aromatic N) is 1. The summed E-state index contributed by atoms with van der Waals surface area (Å²) < 4.78 is 0. The number of hydrogen-bond acceptors (Lipinski definition) is 5. The first-order chi connectivity index (χ1) is 8.78. The molecule has 0 aliphatic carbocycles. The van der Waals surface area contributed by atoms with E-state index in [4.69, 9.17) is 5.73 Å². The van der Waals surface area contributed by atoms with Crippen molar-refractivity contribution in [3.63, 3.8) is 0 Å². The summed E-state index contributed by atoms with van der Waals surface area (Å²) in [6, 6.07) is 8.20. The summed E-state index contributed by atoms with van der Waals surface area (Å²) in [7, 11) is 0. The predicted octanol–water partition coefficient (Wildman–Crippen LogP) is 2.31. The summed E-state index contributed by atoms with van der Waals surface area (Å²) >= 11 is 3.33. The van der Waals surface area contributed by atoms with E-state index in [2.05, 4.69) is 22.4 Å². The molecular formula is C12H11N3OS2. The Balaban J connectivity index is 1.99. The van der Waals surface area contributed by atoms with Crippen molar-refractivity contribution in [2.45, 2.75) is 10.6 Å². The Morgan fingerprint density at radius 3 is 3.11 bits per heavy atom. The van der Waals surface area contributed by atoms with Crippen molar-refractivity contribution >= 4 is 34.1 Å². The van der Waals surface area contributed by atoms with Crippen LogP contribution >= 0.6 is 23.1 Å². The standard InChI is InChI=1S/C12H11N3OS2/c13-5-10(16)14-12-15-11-7-3-1-2-4-8(7)17-6-9(11)18-12/h1-4H,5-6,13H2,(H,14,15,16). The fourth-order valence-corrected chi connectivity index (χ4v) is 3.93. The SMILES string of the molecule is NCC(=O)Nc1nc2c(s1)CSc1ccccc1-2. The van der Waals surface area contributed by atoms with E-state index in [1.807, 2.05) is 12.1 Å². The molecular weight excluding hydrogens is 266 g/mol. The minimum atomic E-state index is -0.206. The molecule has 3 rings (SSSR count). The second kappa shape index (κ2) is 4.72. The number of carbonyl (C=O) groups is 1. The van der Waals surface area contributed by atoms with Crippen LogP contribution < -0.4 is 11.1 Å². The lowest BCUT2D eigenvalue weighted by atomic mass is 10.1. The molecule has 1 aliphatic rings. The zero-order valence-corrected chi connectivity index (χ0v) is 11.1. The van der Waals surface area contributed by atoms with Crippen molar-refractivity contribution in [1.82, 2.24) is 4.98 Å². The Hall–Kier alpha value is -1.37. The molecule has 1 aromatic carbocycles. The molecule has 0 saturated heterocycles. The molecule has 4 nitrogen and oxygen atoms in total. The third-order valence-electron chi connectivity index (χ3n) is 2.63. The molecule has 0 atom stereocenters. The minimum absolute atomic E-state index is 0.0183. The number of nitrogens with one attached hydrogen (secondary N) is 1. The number of aromatic nitrogens is 1. The molecule has 6 heteroatoms. The molecule has 18 heavy (non-hydrogen) atoms. The van der Waals surface area contributed by atoms with E-state index >= 15 is 0 Å². The van der Waals surface area contributed by atoms with Crippen molar-refractivity contribution in [3.8, 4) is 11.3 Å². The van der Waals surface area contributed by atoms with Crippen LogP contribution in [0, 0.1) is 0 Å². The van der Waals surface area contributed by atoms with Crippen LogP contribution in [0.1, 0.15) is 4.88 Å². The Morgan fingerprint density at radius 1 is 1.44 bits per heavy atom. The minimum Gasteiger partial charge on any atom is -0.322 e. The number of benzene rings is 1. The third-order valence-corrected chi connectivity index (χ3v) is 4.88. The molecule has 0 unspecified atom stereocenters. The Labute approximate surface area is 113 Å². The Kier molecular flexibility index (Phi) is 3.07. The van der Waals surface area contributed by atoms with E-state index in [1.54, 1.807) is 11.8 Å². The molecule has 0 bridgehead atoms. The summed E-state index contributed by atoms with van der Waals surface area (Å²) in [4.78, 5) is 18.2. The Bertz CT molecular complexity index is 609. The quantitative estimate of drug-likeness (QED) is 0.884. The monoisotopic (exact) mass is 277 g/mol. The smallest absolute Gasteiger partial charge is 0.239 e. The maximum Gasteiger partial charge on any atom is 0.239 e. The summed E-state index contributed by atoms with van der Waals surface area (Å²) in [5.74, 6) is 0.699. The highest BCUT2D eigenvalue weighted by Gasteiger charge is 2.21. The van der Waals surface area contributed by atoms with Crippen molar-refractivity contribution in [1.29, 1.82) is 0 Å². The molecule has 1 amide bonds. The van der Waals surface area contributed by atoms with Gasteiger partial charge in [-0.1, -0.05) is 18.2 Å². The first-order valence-corrected chi connectivity index (χ1v) is 7.30. The van der Waals surface area contributed by atoms with Crippen molar-refractivity contribution in [2.75, 3.05) is 11.9 Å². The molecule has 0 saturated carbocycles. The van der Waals surface area contributed by atoms with Gasteiger partial charge in [0.15, 0.2) is 5.13 Å². The molecule has 0 fully saturated rings. The summed E-state index contributed by atoms with van der Waals surface area (Å²) in [5, 5.41) is 3.35. The van der Waals surface area contributed by atoms with Gasteiger partial charge in [0.2, 0.25) is 5.91 Å². The van der Waals surface area contributed by atoms with Crippen molar-refractivity contribution in [3.05, 3.63) is 29.1 Å². The van der Waals surface area contributed by atoms with E-state index in [9.17, 15) is 4.79 Å². The van der Waals surface area contributed by atoms with E-state index in [-0.39, 0.29) is 12.5 Å². The lowest BCUT2D eigenvalue weighted by Gasteiger charge is -2.13. The van der Waals surface area contributed by atoms with Crippen LogP contribution in [-0.2, 0) is 10.5 Å². The van der Waals surface area contributed by atoms with Gasteiger partial charge in [0.25, 0.3) is 0 Å². The number of carbonyl (C=O) groups excluding carboxylic acids is 1. The number of hydrogen-bond donors (Lipinski definition) is 2. The van der Waals surface area contributed by atoms with Gasteiger partial charge in [-0.05, 0) is 6.07 Å². The van der Waals surface area contributed by atoms with E-state index < -0.39 is 0 Å². The molecule has 1 aliphatic heterocycles. The van der Waals surface area contributed by atoms with Crippen LogP contribution in [-0.4, -0.2) is 17.4 Å². The maximum atomic E-state index is 11.3. The van der Waals surface area contributed by atoms with Crippen LogP contribution in [0.4, 0.5) is 5.13 Å². The number of anilines is 1. The van der Waals surface area contributed by atoms with E-state index in [1.165, 1.54) is 21.1 Å². The van der Waals surface area contributed by atoms with Crippen LogP contribution in [0.2, 0.25) is 0 Å². The molecule has 1 aromatic heterocycles. The Morgan fingerprint density at radius 2 is 2.28 bits per heavy atom. The average Bonchev–Trinajstić information content (AvgIpc) is 2.81. The highest BCUT2D eigenvalue weighted by molar-refractivity contribution is 7.98. The highest BCUT2D eigenvalue weighted by Crippen LogP contribution is 2.44. The third kappa shape index (κ3) is 2.03. The number of fused-ring (bicyclic) bond motifs is 3. The van der Waals surface area contributed by atoms with Gasteiger partial charge in [-0.25, -0.2) is 4.98 Å². The van der Waals surface area contributed by atoms with Gasteiger partial charge in [-0.2, -0.15) is 0 Å². The number of thiazole rings is 1. The van der Waals surface area contributed by atoms with Gasteiger partial charge >= 0.3 is 0 Å². The zero-order valence-electron chi connectivity index (χ0n) is 9.47. The van der Waals surface area contributed by atoms with Gasteiger partial charge < -0.3 is 11.1 Å². The number of nitrogens with two attached hydrogens (primary N) is 1. The largest absolute Gasteiger partial charge is 0.322 e. The fraction of sp³-hybridized carbons (Fsp3) is 0.167. The molecule has 92 valence electrons. The molecule has 3 N–H and O–H groups in total. The normalized spacial score (nSPS) is 12.7. The van der Waals surface area contributed by atoms with Gasteiger partial charge in [0.1, 0.15) is 0 Å². The maximum absolute atomic E-state index is 11.3. The number of amides is 1. The molecule has 0 spiro atoms. The van der Waals surface area contributed by atoms with Crippen LogP contribution in [0.25, 0.3) is 11.3 Å². The fourth-order valence-electron chi connectivity index (χ4n) is 1.82. The predicted molar refractivity (Wildman–Crippen MR) is 74.8 cm³/mol. The van der Waals surface area contributed by atoms with E-state index in [0.717, 1.165) is 17.0 Å². The second-order valence-electron chi connectivity index (χ2n) is 3.83. The van der Waals surface area contributed by atoms with Crippen LogP contribution in [0.5, 0.6) is 0 Å². The molecule has 2 heterocycles. The molecule has 2 aromatic rings. The van der Waals surface area contributed by atoms with Gasteiger partial charge in [0.05, 0.1) is 12.2 Å². The second-order valence-corrected chi connectivity index (χ2v) is 5.93. The molecule has 0 radical (unpaired) electrons. The van der Waals surface area contributed by atoms with Crippen LogP contribution in [0.3, 0.4) is 0 Å². The van der Waals surface area contributed by atoms with E-state index in [0.29, 0.717) is 5.13 Å². The summed E-state index contributed by atoms with van der Waals surface area (Å²) in [6.07, 6.45) is 0. The summed E-state index contributed by atoms with van der Waals surface area (Å²) in [6.45, 7) is -0.0183. The summed E-state index contributed by atoms with van der Waals surface area (Å²) in [5.41, 5.74) is 7.41.